The molecule has 4 nitrogen and oxygen atoms in total. The molecule has 0 aliphatic carbocycles. The Labute approximate surface area is 127 Å². The summed E-state index contributed by atoms with van der Waals surface area (Å²) in [5, 5.41) is 1.89. The van der Waals surface area contributed by atoms with Gasteiger partial charge in [-0.1, -0.05) is 19.4 Å². The lowest BCUT2D eigenvalue weighted by atomic mass is 10.1. The molecule has 1 unspecified atom stereocenters. The van der Waals surface area contributed by atoms with E-state index in [1.54, 1.807) is 0 Å². The van der Waals surface area contributed by atoms with Gasteiger partial charge in [-0.15, -0.1) is 11.3 Å². The molecule has 0 saturated carbocycles. The lowest BCUT2D eigenvalue weighted by Crippen LogP contribution is -2.29. The number of anilines is 1. The highest BCUT2D eigenvalue weighted by molar-refractivity contribution is 7.89. The Kier molecular flexibility index (Phi) is 4.97. The molecule has 114 valence electrons. The number of nitrogens with two attached hydrogens (primary N) is 1. The average Bonchev–Trinajstić information content (AvgIpc) is 2.91. The molecule has 1 heterocycles. The van der Waals surface area contributed by atoms with Crippen molar-refractivity contribution in [1.82, 2.24) is 4.72 Å². The van der Waals surface area contributed by atoms with E-state index < -0.39 is 15.8 Å². The molecule has 2 aromatic rings. The van der Waals surface area contributed by atoms with Crippen LogP contribution in [-0.4, -0.2) is 8.42 Å². The Bertz CT molecular complexity index is 700. The van der Waals surface area contributed by atoms with Gasteiger partial charge in [-0.2, -0.15) is 0 Å². The van der Waals surface area contributed by atoms with E-state index in [0.717, 1.165) is 17.4 Å². The van der Waals surface area contributed by atoms with Crippen LogP contribution in [0.15, 0.2) is 40.6 Å². The summed E-state index contributed by atoms with van der Waals surface area (Å²) in [6.45, 7) is 1.97. The summed E-state index contributed by atoms with van der Waals surface area (Å²) >= 11 is 1.47. The molecule has 2 rings (SSSR count). The molecule has 3 N–H and O–H groups in total. The smallest absolute Gasteiger partial charge is 0.244 e. The molecule has 0 bridgehead atoms. The Morgan fingerprint density at radius 3 is 2.71 bits per heavy atom. The average molecular weight is 328 g/mol. The predicted molar refractivity (Wildman–Crippen MR) is 83.1 cm³/mol. The number of sulfonamides is 1. The second-order valence-corrected chi connectivity index (χ2v) is 7.33. The normalized spacial score (nSPS) is 13.2. The van der Waals surface area contributed by atoms with Gasteiger partial charge in [-0.25, -0.2) is 17.5 Å². The van der Waals surface area contributed by atoms with Crippen LogP contribution in [0.4, 0.5) is 10.1 Å². The van der Waals surface area contributed by atoms with E-state index >= 15 is 0 Å². The predicted octanol–water partition coefficient (Wildman–Crippen LogP) is 3.29. The van der Waals surface area contributed by atoms with Crippen molar-refractivity contribution in [2.45, 2.75) is 30.7 Å². The lowest BCUT2D eigenvalue weighted by Gasteiger charge is -2.17. The third-order valence-corrected chi connectivity index (χ3v) is 5.50. The monoisotopic (exact) mass is 328 g/mol. The molecule has 0 spiro atoms. The van der Waals surface area contributed by atoms with Gasteiger partial charge in [-0.3, -0.25) is 0 Å². The lowest BCUT2D eigenvalue weighted by molar-refractivity contribution is 0.528. The zero-order valence-electron chi connectivity index (χ0n) is 11.5. The summed E-state index contributed by atoms with van der Waals surface area (Å²) in [4.78, 5) is 0.533. The van der Waals surface area contributed by atoms with E-state index in [0.29, 0.717) is 6.42 Å². The first-order valence-corrected chi connectivity index (χ1v) is 8.91. The van der Waals surface area contributed by atoms with Gasteiger partial charge in [0.1, 0.15) is 10.7 Å². The van der Waals surface area contributed by atoms with Crippen LogP contribution >= 0.6 is 11.3 Å². The van der Waals surface area contributed by atoms with Gasteiger partial charge in [0, 0.05) is 10.6 Å². The maximum absolute atomic E-state index is 13.8. The molecule has 0 fully saturated rings. The van der Waals surface area contributed by atoms with Crippen molar-refractivity contribution in [3.8, 4) is 0 Å². The highest BCUT2D eigenvalue weighted by atomic mass is 32.2. The third kappa shape index (κ3) is 3.81. The van der Waals surface area contributed by atoms with Crippen LogP contribution in [0.1, 0.15) is 30.7 Å². The van der Waals surface area contributed by atoms with Crippen LogP contribution in [0.2, 0.25) is 0 Å². The summed E-state index contributed by atoms with van der Waals surface area (Å²) in [6, 6.07) is 6.95. The number of hydrogen-bond acceptors (Lipinski definition) is 4. The fraction of sp³-hybridized carbons (Fsp3) is 0.286. The Hall–Kier alpha value is -1.44. The van der Waals surface area contributed by atoms with Gasteiger partial charge in [0.2, 0.25) is 10.0 Å². The largest absolute Gasteiger partial charge is 0.399 e. The summed E-state index contributed by atoms with van der Waals surface area (Å²) in [7, 11) is -3.93. The molecule has 0 amide bonds. The van der Waals surface area contributed by atoms with Crippen LogP contribution in [0.5, 0.6) is 0 Å². The molecule has 1 atom stereocenters. The Morgan fingerprint density at radius 2 is 2.14 bits per heavy atom. The van der Waals surface area contributed by atoms with Crippen molar-refractivity contribution in [3.63, 3.8) is 0 Å². The highest BCUT2D eigenvalue weighted by Gasteiger charge is 2.24. The molecule has 0 aliphatic heterocycles. The zero-order valence-corrected chi connectivity index (χ0v) is 13.2. The molecule has 0 radical (unpaired) electrons. The minimum Gasteiger partial charge on any atom is -0.399 e. The minimum absolute atomic E-state index is 0.190. The summed E-state index contributed by atoms with van der Waals surface area (Å²) in [6.07, 6.45) is 1.46. The van der Waals surface area contributed by atoms with Gasteiger partial charge in [0.05, 0.1) is 6.04 Å². The van der Waals surface area contributed by atoms with E-state index in [9.17, 15) is 12.8 Å². The van der Waals surface area contributed by atoms with Crippen molar-refractivity contribution in [2.24, 2.45) is 0 Å². The number of nitrogen functional groups attached to an aromatic ring is 1. The third-order valence-electron chi connectivity index (χ3n) is 3.01. The molecule has 7 heteroatoms. The molecule has 21 heavy (non-hydrogen) atoms. The topological polar surface area (TPSA) is 72.2 Å². The van der Waals surface area contributed by atoms with Crippen LogP contribution in [0.3, 0.4) is 0 Å². The highest BCUT2D eigenvalue weighted by Crippen LogP contribution is 2.26. The van der Waals surface area contributed by atoms with E-state index in [4.69, 9.17) is 5.73 Å². The zero-order chi connectivity index (χ0) is 15.5. The fourth-order valence-electron chi connectivity index (χ4n) is 2.02. The van der Waals surface area contributed by atoms with Gasteiger partial charge in [0.15, 0.2) is 0 Å². The number of rotatable bonds is 6. The number of nitrogens with one attached hydrogen (secondary N) is 1. The van der Waals surface area contributed by atoms with Gasteiger partial charge >= 0.3 is 0 Å². The van der Waals surface area contributed by atoms with E-state index in [1.165, 1.54) is 23.5 Å². The molecular formula is C14H17FN2O2S2. The second kappa shape index (κ2) is 6.55. The van der Waals surface area contributed by atoms with E-state index in [2.05, 4.69) is 4.72 Å². The SMILES string of the molecule is CCCC(NS(=O)(=O)c1ccc(N)cc1F)c1cccs1. The number of hydrogen-bond donors (Lipinski definition) is 2. The fourth-order valence-corrected chi connectivity index (χ4v) is 4.22. The Morgan fingerprint density at radius 1 is 1.38 bits per heavy atom. The second-order valence-electron chi connectivity index (χ2n) is 4.67. The standard InChI is InChI=1S/C14H17FN2O2S2/c1-2-4-12(13-5-3-8-20-13)17-21(18,19)14-7-6-10(16)9-11(14)15/h3,5-9,12,17H,2,4,16H2,1H3. The minimum atomic E-state index is -3.93. The van der Waals surface area contributed by atoms with E-state index in [-0.39, 0.29) is 16.6 Å². The van der Waals surface area contributed by atoms with Crippen LogP contribution in [-0.2, 0) is 10.0 Å². The first-order chi connectivity index (χ1) is 9.94. The molecule has 0 saturated heterocycles. The van der Waals surface area contributed by atoms with Crippen LogP contribution in [0, 0.1) is 5.82 Å². The summed E-state index contributed by atoms with van der Waals surface area (Å²) < 4.78 is 41.1. The molecule has 1 aromatic carbocycles. The first kappa shape index (κ1) is 15.9. The molecular weight excluding hydrogens is 311 g/mol. The number of benzene rings is 1. The summed E-state index contributed by atoms with van der Waals surface area (Å²) in [5.74, 6) is -0.844. The molecule has 0 aliphatic rings. The quantitative estimate of drug-likeness (QED) is 0.799. The number of halogens is 1. The van der Waals surface area contributed by atoms with Crippen LogP contribution in [0.25, 0.3) is 0 Å². The van der Waals surface area contributed by atoms with Crippen molar-refractivity contribution in [1.29, 1.82) is 0 Å². The van der Waals surface area contributed by atoms with E-state index in [1.807, 2.05) is 24.4 Å². The molecule has 1 aromatic heterocycles. The maximum atomic E-state index is 13.8. The first-order valence-electron chi connectivity index (χ1n) is 6.55. The Balaban J connectivity index is 2.30. The van der Waals surface area contributed by atoms with Crippen molar-refractivity contribution < 1.29 is 12.8 Å². The maximum Gasteiger partial charge on any atom is 0.244 e. The number of thiophene rings is 1. The van der Waals surface area contributed by atoms with Crippen molar-refractivity contribution in [3.05, 3.63) is 46.4 Å². The van der Waals surface area contributed by atoms with Crippen molar-refractivity contribution in [2.75, 3.05) is 5.73 Å². The van der Waals surface area contributed by atoms with Gasteiger partial charge in [-0.05, 0) is 36.1 Å². The van der Waals surface area contributed by atoms with Gasteiger partial charge < -0.3 is 5.73 Å². The van der Waals surface area contributed by atoms with Gasteiger partial charge in [0.25, 0.3) is 0 Å². The van der Waals surface area contributed by atoms with Crippen LogP contribution < -0.4 is 10.5 Å². The summed E-state index contributed by atoms with van der Waals surface area (Å²) in [5.41, 5.74) is 5.63. The van der Waals surface area contributed by atoms with Crippen molar-refractivity contribution >= 4 is 27.0 Å².